The number of para-hydroxylation sites is 2. The van der Waals surface area contributed by atoms with Crippen molar-refractivity contribution in [2.24, 2.45) is 0 Å². The molecule has 11 rings (SSSR count). The van der Waals surface area contributed by atoms with Crippen molar-refractivity contribution in [3.8, 4) is 44.8 Å². The van der Waals surface area contributed by atoms with E-state index in [4.69, 9.17) is 0 Å². The SMILES string of the molecule is c1ccc(-c2ccc(-n3c4ccccc4c4cc(-c5ccc6c(c5)c5ccccc5n6-c5cccc6c5Cc5ccccc5-6)ccc43)cc2)cc1. The van der Waals surface area contributed by atoms with Gasteiger partial charge in [0, 0.05) is 33.7 Å². The minimum absolute atomic E-state index is 0.957. The van der Waals surface area contributed by atoms with Gasteiger partial charge in [-0.3, -0.25) is 0 Å². The largest absolute Gasteiger partial charge is 0.309 e. The molecule has 0 amide bonds. The Kier molecular flexibility index (Phi) is 6.05. The van der Waals surface area contributed by atoms with Gasteiger partial charge in [-0.05, 0) is 99.1 Å². The molecule has 0 saturated heterocycles. The highest BCUT2D eigenvalue weighted by molar-refractivity contribution is 6.13. The molecule has 0 N–H and O–H groups in total. The number of hydrogen-bond donors (Lipinski definition) is 0. The summed E-state index contributed by atoms with van der Waals surface area (Å²) in [6, 6.07) is 66.8. The topological polar surface area (TPSA) is 9.86 Å². The molecule has 2 heterocycles. The van der Waals surface area contributed by atoms with Gasteiger partial charge in [0.1, 0.15) is 0 Å². The Morgan fingerprint density at radius 1 is 0.333 bits per heavy atom. The van der Waals surface area contributed by atoms with E-state index in [1.807, 2.05) is 0 Å². The Bertz CT molecular complexity index is 2980. The molecule has 0 fully saturated rings. The van der Waals surface area contributed by atoms with Crippen LogP contribution in [0, 0.1) is 0 Å². The van der Waals surface area contributed by atoms with E-state index >= 15 is 0 Å². The highest BCUT2D eigenvalue weighted by Crippen LogP contribution is 2.43. The Labute approximate surface area is 296 Å². The average molecular weight is 649 g/mol. The summed E-state index contributed by atoms with van der Waals surface area (Å²) in [7, 11) is 0. The van der Waals surface area contributed by atoms with Gasteiger partial charge in [0.15, 0.2) is 0 Å². The number of nitrogens with zero attached hydrogens (tertiary/aromatic N) is 2. The molecule has 8 aromatic carbocycles. The molecule has 2 aromatic heterocycles. The van der Waals surface area contributed by atoms with Gasteiger partial charge < -0.3 is 9.13 Å². The van der Waals surface area contributed by atoms with Crippen LogP contribution in [0.15, 0.2) is 182 Å². The molecule has 0 spiro atoms. The number of aromatic nitrogens is 2. The van der Waals surface area contributed by atoms with E-state index in [-0.39, 0.29) is 0 Å². The summed E-state index contributed by atoms with van der Waals surface area (Å²) in [6.45, 7) is 0. The zero-order valence-electron chi connectivity index (χ0n) is 27.9. The number of hydrogen-bond acceptors (Lipinski definition) is 0. The fourth-order valence-corrected chi connectivity index (χ4v) is 8.63. The van der Waals surface area contributed by atoms with Crippen molar-refractivity contribution in [1.82, 2.24) is 9.13 Å². The molecule has 51 heavy (non-hydrogen) atoms. The number of benzene rings is 8. The maximum Gasteiger partial charge on any atom is 0.0541 e. The molecule has 0 unspecified atom stereocenters. The van der Waals surface area contributed by atoms with Gasteiger partial charge in [-0.15, -0.1) is 0 Å². The van der Waals surface area contributed by atoms with Gasteiger partial charge in [0.2, 0.25) is 0 Å². The van der Waals surface area contributed by atoms with Crippen LogP contribution in [0.25, 0.3) is 88.4 Å². The summed E-state index contributed by atoms with van der Waals surface area (Å²) in [5.41, 5.74) is 17.8. The van der Waals surface area contributed by atoms with Crippen molar-refractivity contribution in [2.45, 2.75) is 6.42 Å². The van der Waals surface area contributed by atoms with Crippen molar-refractivity contribution in [1.29, 1.82) is 0 Å². The summed E-state index contributed by atoms with van der Waals surface area (Å²) in [5.74, 6) is 0. The van der Waals surface area contributed by atoms with E-state index in [9.17, 15) is 0 Å². The van der Waals surface area contributed by atoms with E-state index < -0.39 is 0 Å². The van der Waals surface area contributed by atoms with E-state index in [0.717, 1.165) is 6.42 Å². The molecule has 238 valence electrons. The Balaban J connectivity index is 1.05. The molecule has 0 aliphatic heterocycles. The fourth-order valence-electron chi connectivity index (χ4n) is 8.63. The lowest BCUT2D eigenvalue weighted by Gasteiger charge is -2.13. The smallest absolute Gasteiger partial charge is 0.0541 e. The zero-order chi connectivity index (χ0) is 33.5. The highest BCUT2D eigenvalue weighted by atomic mass is 15.0. The molecular formula is C49H32N2. The third-order valence-corrected chi connectivity index (χ3v) is 11.0. The highest BCUT2D eigenvalue weighted by Gasteiger charge is 2.23. The van der Waals surface area contributed by atoms with Gasteiger partial charge in [-0.1, -0.05) is 127 Å². The first-order valence-corrected chi connectivity index (χ1v) is 17.7. The molecular weight excluding hydrogens is 617 g/mol. The summed E-state index contributed by atoms with van der Waals surface area (Å²) >= 11 is 0. The maximum atomic E-state index is 2.49. The Morgan fingerprint density at radius 2 is 0.863 bits per heavy atom. The van der Waals surface area contributed by atoms with E-state index in [1.54, 1.807) is 0 Å². The van der Waals surface area contributed by atoms with Gasteiger partial charge in [-0.2, -0.15) is 0 Å². The van der Waals surface area contributed by atoms with Crippen LogP contribution in [0.4, 0.5) is 0 Å². The van der Waals surface area contributed by atoms with Crippen LogP contribution in [-0.2, 0) is 6.42 Å². The standard InChI is InChI=1S/C49H32N2/c1-2-11-32(12-3-1)33-21-25-37(26-22-33)50-45-18-8-6-15-40(45)43-29-34(23-27-48(43)50)35-24-28-49-44(30-35)41-16-7-9-19-46(41)51(49)47-20-10-17-39-38-14-5-4-13-36(38)31-42(39)47/h1-30H,31H2. The minimum atomic E-state index is 0.957. The molecule has 0 saturated carbocycles. The van der Waals surface area contributed by atoms with E-state index in [0.29, 0.717) is 0 Å². The maximum absolute atomic E-state index is 2.49. The first kappa shape index (κ1) is 28.2. The van der Waals surface area contributed by atoms with Crippen LogP contribution < -0.4 is 0 Å². The van der Waals surface area contributed by atoms with Crippen molar-refractivity contribution < 1.29 is 0 Å². The van der Waals surface area contributed by atoms with Crippen LogP contribution >= 0.6 is 0 Å². The van der Waals surface area contributed by atoms with Crippen LogP contribution in [0.5, 0.6) is 0 Å². The van der Waals surface area contributed by atoms with Gasteiger partial charge >= 0.3 is 0 Å². The van der Waals surface area contributed by atoms with Gasteiger partial charge in [0.25, 0.3) is 0 Å². The summed E-state index contributed by atoms with van der Waals surface area (Å²) in [6.07, 6.45) is 0.957. The Hall–Kier alpha value is -6.64. The molecule has 10 aromatic rings. The second-order valence-corrected chi connectivity index (χ2v) is 13.7. The van der Waals surface area contributed by atoms with Gasteiger partial charge in [0.05, 0.1) is 27.8 Å². The predicted octanol–water partition coefficient (Wildman–Crippen LogP) is 12.8. The molecule has 1 aliphatic carbocycles. The molecule has 0 bridgehead atoms. The van der Waals surface area contributed by atoms with Crippen LogP contribution in [0.1, 0.15) is 11.1 Å². The van der Waals surface area contributed by atoms with Crippen molar-refractivity contribution >= 4 is 43.6 Å². The second-order valence-electron chi connectivity index (χ2n) is 13.7. The average Bonchev–Trinajstić information content (AvgIpc) is 3.86. The first-order valence-electron chi connectivity index (χ1n) is 17.7. The molecule has 1 aliphatic rings. The second kappa shape index (κ2) is 10.9. The number of rotatable bonds is 4. The Morgan fingerprint density at radius 3 is 1.59 bits per heavy atom. The lowest BCUT2D eigenvalue weighted by atomic mass is 10.0. The third-order valence-electron chi connectivity index (χ3n) is 11.0. The molecule has 2 nitrogen and oxygen atoms in total. The number of fused-ring (bicyclic) bond motifs is 9. The quantitative estimate of drug-likeness (QED) is 0.180. The van der Waals surface area contributed by atoms with E-state index in [2.05, 4.69) is 191 Å². The zero-order valence-corrected chi connectivity index (χ0v) is 27.9. The summed E-state index contributed by atoms with van der Waals surface area (Å²) in [5, 5.41) is 5.08. The lowest BCUT2D eigenvalue weighted by molar-refractivity contribution is 1.12. The predicted molar refractivity (Wildman–Crippen MR) is 214 cm³/mol. The minimum Gasteiger partial charge on any atom is -0.309 e. The van der Waals surface area contributed by atoms with Crippen LogP contribution in [0.2, 0.25) is 0 Å². The van der Waals surface area contributed by atoms with Crippen molar-refractivity contribution in [3.63, 3.8) is 0 Å². The van der Waals surface area contributed by atoms with Gasteiger partial charge in [-0.25, -0.2) is 0 Å². The van der Waals surface area contributed by atoms with Crippen LogP contribution in [-0.4, -0.2) is 9.13 Å². The summed E-state index contributed by atoms with van der Waals surface area (Å²) < 4.78 is 4.88. The van der Waals surface area contributed by atoms with Crippen LogP contribution in [0.3, 0.4) is 0 Å². The molecule has 0 atom stereocenters. The molecule has 0 radical (unpaired) electrons. The van der Waals surface area contributed by atoms with Crippen molar-refractivity contribution in [2.75, 3.05) is 0 Å². The first-order chi connectivity index (χ1) is 25.3. The summed E-state index contributed by atoms with van der Waals surface area (Å²) in [4.78, 5) is 0. The molecule has 2 heteroatoms. The lowest BCUT2D eigenvalue weighted by Crippen LogP contribution is -1.99. The monoisotopic (exact) mass is 648 g/mol. The third kappa shape index (κ3) is 4.23. The fraction of sp³-hybridized carbons (Fsp3) is 0.0204. The van der Waals surface area contributed by atoms with E-state index in [1.165, 1.54) is 99.5 Å². The van der Waals surface area contributed by atoms with Crippen molar-refractivity contribution in [3.05, 3.63) is 193 Å². The normalized spacial score (nSPS) is 12.2.